The Morgan fingerprint density at radius 1 is 1.24 bits per heavy atom. The summed E-state index contributed by atoms with van der Waals surface area (Å²) < 4.78 is 0. The van der Waals surface area contributed by atoms with Gasteiger partial charge in [0, 0.05) is 29.6 Å². The normalized spacial score (nSPS) is 10.2. The van der Waals surface area contributed by atoms with Gasteiger partial charge in [0.25, 0.3) is 0 Å². The molecule has 0 N–H and O–H groups in total. The van der Waals surface area contributed by atoms with Crippen LogP contribution in [0.1, 0.15) is 17.8 Å². The number of pyridine rings is 2. The second kappa shape index (κ2) is 5.34. The van der Waals surface area contributed by atoms with E-state index in [2.05, 4.69) is 9.97 Å². The van der Waals surface area contributed by atoms with Crippen molar-refractivity contribution in [2.45, 2.75) is 19.8 Å². The SMILES string of the molecule is Cc1ccc(-c2cccc(CCC=O)n2)cn1. The molecular formula is C14H14N2O. The average molecular weight is 226 g/mol. The molecule has 0 saturated carbocycles. The van der Waals surface area contributed by atoms with Gasteiger partial charge in [-0.3, -0.25) is 9.97 Å². The Hall–Kier alpha value is -2.03. The van der Waals surface area contributed by atoms with Crippen LogP contribution >= 0.6 is 0 Å². The highest BCUT2D eigenvalue weighted by atomic mass is 16.1. The van der Waals surface area contributed by atoms with E-state index in [4.69, 9.17) is 0 Å². The summed E-state index contributed by atoms with van der Waals surface area (Å²) in [6, 6.07) is 9.83. The Bertz CT molecular complexity index is 506. The zero-order valence-electron chi connectivity index (χ0n) is 9.76. The molecule has 0 aromatic carbocycles. The summed E-state index contributed by atoms with van der Waals surface area (Å²) in [5, 5.41) is 0. The minimum Gasteiger partial charge on any atom is -0.303 e. The maximum absolute atomic E-state index is 10.3. The third-order valence-corrected chi connectivity index (χ3v) is 2.53. The highest BCUT2D eigenvalue weighted by Crippen LogP contribution is 2.16. The number of carbonyl (C=O) groups excluding carboxylic acids is 1. The molecule has 0 fully saturated rings. The second-order valence-electron chi connectivity index (χ2n) is 3.91. The van der Waals surface area contributed by atoms with Gasteiger partial charge in [0.1, 0.15) is 6.29 Å². The highest BCUT2D eigenvalue weighted by molar-refractivity contribution is 5.58. The molecular weight excluding hydrogens is 212 g/mol. The van der Waals surface area contributed by atoms with Gasteiger partial charge >= 0.3 is 0 Å². The molecule has 3 heteroatoms. The summed E-state index contributed by atoms with van der Waals surface area (Å²) in [5.41, 5.74) is 3.84. The summed E-state index contributed by atoms with van der Waals surface area (Å²) in [5.74, 6) is 0. The smallest absolute Gasteiger partial charge is 0.120 e. The number of aryl methyl sites for hydroxylation is 2. The molecule has 0 spiro atoms. The molecule has 2 heterocycles. The Morgan fingerprint density at radius 2 is 2.12 bits per heavy atom. The van der Waals surface area contributed by atoms with Crippen molar-refractivity contribution in [2.24, 2.45) is 0 Å². The van der Waals surface area contributed by atoms with Gasteiger partial charge in [0.05, 0.1) is 5.69 Å². The topological polar surface area (TPSA) is 42.9 Å². The van der Waals surface area contributed by atoms with E-state index >= 15 is 0 Å². The van der Waals surface area contributed by atoms with E-state index < -0.39 is 0 Å². The van der Waals surface area contributed by atoms with Gasteiger partial charge in [-0.25, -0.2) is 0 Å². The molecule has 3 nitrogen and oxygen atoms in total. The number of rotatable bonds is 4. The zero-order chi connectivity index (χ0) is 12.1. The van der Waals surface area contributed by atoms with Crippen molar-refractivity contribution in [1.29, 1.82) is 0 Å². The number of hydrogen-bond acceptors (Lipinski definition) is 3. The molecule has 0 aliphatic rings. The quantitative estimate of drug-likeness (QED) is 0.752. The summed E-state index contributed by atoms with van der Waals surface area (Å²) in [7, 11) is 0. The van der Waals surface area contributed by atoms with Gasteiger partial charge < -0.3 is 4.79 Å². The van der Waals surface area contributed by atoms with Crippen LogP contribution in [0.25, 0.3) is 11.3 Å². The molecule has 0 aliphatic carbocycles. The number of aldehydes is 1. The molecule has 17 heavy (non-hydrogen) atoms. The maximum Gasteiger partial charge on any atom is 0.120 e. The van der Waals surface area contributed by atoms with Gasteiger partial charge in [-0.2, -0.15) is 0 Å². The summed E-state index contributed by atoms with van der Waals surface area (Å²) in [6.45, 7) is 1.96. The van der Waals surface area contributed by atoms with Crippen LogP contribution in [0.3, 0.4) is 0 Å². The maximum atomic E-state index is 10.3. The summed E-state index contributed by atoms with van der Waals surface area (Å²) in [6.07, 6.45) is 3.95. The van der Waals surface area contributed by atoms with Crippen molar-refractivity contribution >= 4 is 6.29 Å². The van der Waals surface area contributed by atoms with Crippen LogP contribution in [0.4, 0.5) is 0 Å². The van der Waals surface area contributed by atoms with E-state index in [-0.39, 0.29) is 0 Å². The first kappa shape index (κ1) is 11.5. The molecule has 0 atom stereocenters. The fraction of sp³-hybridized carbons (Fsp3) is 0.214. The highest BCUT2D eigenvalue weighted by Gasteiger charge is 2.01. The number of nitrogens with zero attached hydrogens (tertiary/aromatic N) is 2. The van der Waals surface area contributed by atoms with Crippen LogP contribution in [-0.4, -0.2) is 16.3 Å². The van der Waals surface area contributed by atoms with Crippen molar-refractivity contribution in [3.8, 4) is 11.3 Å². The lowest BCUT2D eigenvalue weighted by molar-refractivity contribution is -0.107. The van der Waals surface area contributed by atoms with Crippen LogP contribution in [0.15, 0.2) is 36.5 Å². The predicted molar refractivity (Wildman–Crippen MR) is 66.6 cm³/mol. The van der Waals surface area contributed by atoms with E-state index in [9.17, 15) is 4.79 Å². The minimum atomic E-state index is 0.516. The number of aromatic nitrogens is 2. The lowest BCUT2D eigenvalue weighted by atomic mass is 10.1. The first-order valence-corrected chi connectivity index (χ1v) is 5.62. The van der Waals surface area contributed by atoms with Crippen LogP contribution in [0.2, 0.25) is 0 Å². The van der Waals surface area contributed by atoms with Crippen LogP contribution in [0.5, 0.6) is 0 Å². The van der Waals surface area contributed by atoms with Gasteiger partial charge in [0.15, 0.2) is 0 Å². The van der Waals surface area contributed by atoms with E-state index in [1.807, 2.05) is 43.5 Å². The average Bonchev–Trinajstić information content (AvgIpc) is 2.37. The Morgan fingerprint density at radius 3 is 2.82 bits per heavy atom. The van der Waals surface area contributed by atoms with E-state index in [1.165, 1.54) is 0 Å². The molecule has 0 amide bonds. The molecule has 0 aliphatic heterocycles. The molecule has 0 bridgehead atoms. The predicted octanol–water partition coefficient (Wildman–Crippen LogP) is 2.58. The van der Waals surface area contributed by atoms with Gasteiger partial charge in [0.2, 0.25) is 0 Å². The molecule has 2 aromatic heterocycles. The minimum absolute atomic E-state index is 0.516. The van der Waals surface area contributed by atoms with Gasteiger partial charge in [-0.15, -0.1) is 0 Å². The third kappa shape index (κ3) is 2.97. The van der Waals surface area contributed by atoms with Crippen molar-refractivity contribution in [3.05, 3.63) is 47.9 Å². The molecule has 0 radical (unpaired) electrons. The summed E-state index contributed by atoms with van der Waals surface area (Å²) in [4.78, 5) is 19.1. The van der Waals surface area contributed by atoms with Crippen LogP contribution < -0.4 is 0 Å². The Balaban J connectivity index is 2.26. The third-order valence-electron chi connectivity index (χ3n) is 2.53. The second-order valence-corrected chi connectivity index (χ2v) is 3.91. The monoisotopic (exact) mass is 226 g/mol. The van der Waals surface area contributed by atoms with E-state index in [0.29, 0.717) is 12.8 Å². The summed E-state index contributed by atoms with van der Waals surface area (Å²) >= 11 is 0. The number of carbonyl (C=O) groups is 1. The lowest BCUT2D eigenvalue weighted by Gasteiger charge is -2.03. The van der Waals surface area contributed by atoms with E-state index in [0.717, 1.165) is 28.9 Å². The van der Waals surface area contributed by atoms with Gasteiger partial charge in [-0.1, -0.05) is 6.07 Å². The molecule has 2 rings (SSSR count). The van der Waals surface area contributed by atoms with Gasteiger partial charge in [-0.05, 0) is 37.6 Å². The zero-order valence-corrected chi connectivity index (χ0v) is 9.76. The fourth-order valence-corrected chi connectivity index (χ4v) is 1.61. The van der Waals surface area contributed by atoms with Crippen molar-refractivity contribution in [2.75, 3.05) is 0 Å². The Kier molecular flexibility index (Phi) is 3.60. The van der Waals surface area contributed by atoms with E-state index in [1.54, 1.807) is 0 Å². The van der Waals surface area contributed by atoms with Crippen molar-refractivity contribution < 1.29 is 4.79 Å². The van der Waals surface area contributed by atoms with Crippen molar-refractivity contribution in [3.63, 3.8) is 0 Å². The van der Waals surface area contributed by atoms with Crippen molar-refractivity contribution in [1.82, 2.24) is 9.97 Å². The van der Waals surface area contributed by atoms with Crippen LogP contribution in [-0.2, 0) is 11.2 Å². The molecule has 86 valence electrons. The molecule has 2 aromatic rings. The fourth-order valence-electron chi connectivity index (χ4n) is 1.61. The largest absolute Gasteiger partial charge is 0.303 e. The lowest BCUT2D eigenvalue weighted by Crippen LogP contribution is -1.93. The molecule has 0 unspecified atom stereocenters. The van der Waals surface area contributed by atoms with Crippen LogP contribution in [0, 0.1) is 6.92 Å². The first-order chi connectivity index (χ1) is 8.29. The standard InChI is InChI=1S/C14H14N2O/c1-11-7-8-12(10-15-11)14-6-2-4-13(16-14)5-3-9-17/h2,4,6-10H,3,5H2,1H3. The first-order valence-electron chi connectivity index (χ1n) is 5.62. The Labute approximate surface area is 101 Å². The number of hydrogen-bond donors (Lipinski definition) is 0. The molecule has 0 saturated heterocycles.